The molecule has 3 aromatic rings. The first-order valence-electron chi connectivity index (χ1n) is 9.73. The molecule has 1 aromatic heterocycles. The first kappa shape index (κ1) is 21.9. The van der Waals surface area contributed by atoms with Crippen LogP contribution in [0.2, 0.25) is 0 Å². The van der Waals surface area contributed by atoms with Crippen LogP contribution in [0.3, 0.4) is 0 Å². The van der Waals surface area contributed by atoms with Crippen molar-refractivity contribution in [2.24, 2.45) is 12.8 Å². The van der Waals surface area contributed by atoms with Gasteiger partial charge in [-0.05, 0) is 57.2 Å². The molecule has 0 aliphatic carbocycles. The van der Waals surface area contributed by atoms with Crippen molar-refractivity contribution in [2.45, 2.75) is 26.4 Å². The fourth-order valence-corrected chi connectivity index (χ4v) is 3.06. The molecule has 1 heterocycles. The number of benzene rings is 2. The van der Waals surface area contributed by atoms with Crippen LogP contribution in [0.1, 0.15) is 36.8 Å². The van der Waals surface area contributed by atoms with Gasteiger partial charge in [-0.25, -0.2) is 4.79 Å². The third kappa shape index (κ3) is 5.42. The summed E-state index contributed by atoms with van der Waals surface area (Å²) in [6.45, 7) is 5.18. The van der Waals surface area contributed by atoms with Crippen LogP contribution in [-0.4, -0.2) is 34.5 Å². The maximum absolute atomic E-state index is 12.8. The zero-order valence-electron chi connectivity index (χ0n) is 18.0. The summed E-state index contributed by atoms with van der Waals surface area (Å²) < 4.78 is 12.4. The lowest BCUT2D eigenvalue weighted by Gasteiger charge is -2.19. The second-order valence-electron chi connectivity index (χ2n) is 8.13. The third-order valence-corrected chi connectivity index (χ3v) is 4.48. The maximum Gasteiger partial charge on any atom is 0.344 e. The molecule has 0 aliphatic rings. The highest BCUT2D eigenvalue weighted by molar-refractivity contribution is 6.07. The molecule has 4 N–H and O–H groups in total. The average molecular weight is 422 g/mol. The molecule has 0 saturated carbocycles. The Bertz CT molecular complexity index is 1140. The Hall–Kier alpha value is -3.81. The Morgan fingerprint density at radius 1 is 1.10 bits per heavy atom. The summed E-state index contributed by atoms with van der Waals surface area (Å²) in [5.74, 6) is -0.257. The molecule has 0 spiro atoms. The van der Waals surface area contributed by atoms with E-state index in [-0.39, 0.29) is 18.3 Å². The minimum atomic E-state index is -0.566. The lowest BCUT2D eigenvalue weighted by atomic mass is 10.1. The van der Waals surface area contributed by atoms with Crippen molar-refractivity contribution in [3.05, 3.63) is 59.8 Å². The molecule has 0 bridgehead atoms. The molecule has 31 heavy (non-hydrogen) atoms. The van der Waals surface area contributed by atoms with Crippen LogP contribution < -0.4 is 15.8 Å². The summed E-state index contributed by atoms with van der Waals surface area (Å²) in [5.41, 5.74) is 7.46. The van der Waals surface area contributed by atoms with Crippen molar-refractivity contribution >= 4 is 34.3 Å². The number of amidine groups is 1. The van der Waals surface area contributed by atoms with Gasteiger partial charge in [0.2, 0.25) is 0 Å². The van der Waals surface area contributed by atoms with Crippen molar-refractivity contribution in [1.29, 1.82) is 5.41 Å². The molecule has 3 rings (SSSR count). The molecule has 0 fully saturated rings. The number of amides is 1. The summed E-state index contributed by atoms with van der Waals surface area (Å²) in [5, 5.41) is 11.3. The van der Waals surface area contributed by atoms with E-state index >= 15 is 0 Å². The standard InChI is InChI=1S/C23H26N4O4/c1-23(2,3)31-20(28)13-30-17-9-7-16(8-10-17)26-22(29)19-11-14-5-6-15(21(24)25)12-18(14)27(19)4/h5-12H,13H2,1-4H3,(H3,24,25)(H,26,29). The summed E-state index contributed by atoms with van der Waals surface area (Å²) in [6.07, 6.45) is 0. The van der Waals surface area contributed by atoms with Gasteiger partial charge in [0.05, 0.1) is 0 Å². The Morgan fingerprint density at radius 2 is 1.77 bits per heavy atom. The minimum absolute atomic E-state index is 0.0249. The summed E-state index contributed by atoms with van der Waals surface area (Å²) in [7, 11) is 1.79. The summed E-state index contributed by atoms with van der Waals surface area (Å²) in [4.78, 5) is 24.5. The van der Waals surface area contributed by atoms with Gasteiger partial charge >= 0.3 is 5.97 Å². The normalized spacial score (nSPS) is 11.2. The SMILES string of the molecule is Cn1c(C(=O)Nc2ccc(OCC(=O)OC(C)(C)C)cc2)cc2ccc(C(=N)N)cc21. The van der Waals surface area contributed by atoms with E-state index in [0.29, 0.717) is 22.7 Å². The maximum atomic E-state index is 12.8. The van der Waals surface area contributed by atoms with Crippen molar-refractivity contribution in [2.75, 3.05) is 11.9 Å². The van der Waals surface area contributed by atoms with E-state index in [2.05, 4.69) is 5.32 Å². The molecular formula is C23H26N4O4. The number of nitrogens with zero attached hydrogens (tertiary/aromatic N) is 1. The predicted octanol–water partition coefficient (Wildman–Crippen LogP) is 3.44. The van der Waals surface area contributed by atoms with Crippen LogP contribution in [0.15, 0.2) is 48.5 Å². The van der Waals surface area contributed by atoms with Gasteiger partial charge in [0.25, 0.3) is 5.91 Å². The molecule has 0 saturated heterocycles. The van der Waals surface area contributed by atoms with Gasteiger partial charge in [0, 0.05) is 29.2 Å². The number of ether oxygens (including phenoxy) is 2. The number of carbonyl (C=O) groups is 2. The van der Waals surface area contributed by atoms with Gasteiger partial charge < -0.3 is 25.1 Å². The lowest BCUT2D eigenvalue weighted by Crippen LogP contribution is -2.27. The number of anilines is 1. The fraction of sp³-hybridized carbons (Fsp3) is 0.261. The largest absolute Gasteiger partial charge is 0.482 e. The van der Waals surface area contributed by atoms with Crippen LogP contribution in [0.25, 0.3) is 10.9 Å². The topological polar surface area (TPSA) is 119 Å². The minimum Gasteiger partial charge on any atom is -0.482 e. The van der Waals surface area contributed by atoms with Crippen molar-refractivity contribution in [1.82, 2.24) is 4.57 Å². The highest BCUT2D eigenvalue weighted by Crippen LogP contribution is 2.22. The van der Waals surface area contributed by atoms with Gasteiger partial charge in [-0.2, -0.15) is 0 Å². The number of nitrogen functional groups attached to an aromatic ring is 1. The van der Waals surface area contributed by atoms with Gasteiger partial charge in [-0.3, -0.25) is 10.2 Å². The van der Waals surface area contributed by atoms with Crippen LogP contribution in [0.5, 0.6) is 5.75 Å². The molecule has 1 amide bonds. The highest BCUT2D eigenvalue weighted by Gasteiger charge is 2.17. The van der Waals surface area contributed by atoms with E-state index in [9.17, 15) is 9.59 Å². The van der Waals surface area contributed by atoms with E-state index in [1.54, 1.807) is 74.9 Å². The van der Waals surface area contributed by atoms with Crippen LogP contribution in [0, 0.1) is 5.41 Å². The molecular weight excluding hydrogens is 396 g/mol. The number of aromatic nitrogens is 1. The zero-order chi connectivity index (χ0) is 22.8. The smallest absolute Gasteiger partial charge is 0.344 e. The molecule has 2 aromatic carbocycles. The van der Waals surface area contributed by atoms with Crippen LogP contribution in [-0.2, 0) is 16.6 Å². The van der Waals surface area contributed by atoms with E-state index < -0.39 is 11.6 Å². The van der Waals surface area contributed by atoms with Crippen LogP contribution in [0.4, 0.5) is 5.69 Å². The molecule has 0 unspecified atom stereocenters. The number of rotatable bonds is 6. The third-order valence-electron chi connectivity index (χ3n) is 4.48. The van der Waals surface area contributed by atoms with Crippen molar-refractivity contribution in [3.63, 3.8) is 0 Å². The summed E-state index contributed by atoms with van der Waals surface area (Å²) in [6, 6.07) is 13.9. The van der Waals surface area contributed by atoms with E-state index in [4.69, 9.17) is 20.6 Å². The number of nitrogens with two attached hydrogens (primary N) is 1. The number of nitrogens with one attached hydrogen (secondary N) is 2. The number of hydrogen-bond donors (Lipinski definition) is 3. The van der Waals surface area contributed by atoms with E-state index in [1.807, 2.05) is 6.07 Å². The van der Waals surface area contributed by atoms with Crippen molar-refractivity contribution < 1.29 is 19.1 Å². The molecule has 0 atom stereocenters. The van der Waals surface area contributed by atoms with E-state index in [0.717, 1.165) is 10.9 Å². The highest BCUT2D eigenvalue weighted by atomic mass is 16.6. The average Bonchev–Trinajstić information content (AvgIpc) is 3.02. The molecule has 8 heteroatoms. The Morgan fingerprint density at radius 3 is 2.39 bits per heavy atom. The van der Waals surface area contributed by atoms with E-state index in [1.165, 1.54) is 0 Å². The second-order valence-corrected chi connectivity index (χ2v) is 8.13. The van der Waals surface area contributed by atoms with Crippen molar-refractivity contribution in [3.8, 4) is 5.75 Å². The first-order valence-corrected chi connectivity index (χ1v) is 9.73. The molecule has 0 aliphatic heterocycles. The second kappa shape index (κ2) is 8.51. The number of aryl methyl sites for hydroxylation is 1. The fourth-order valence-electron chi connectivity index (χ4n) is 3.06. The number of carbonyl (C=O) groups excluding carboxylic acids is 2. The summed E-state index contributed by atoms with van der Waals surface area (Å²) >= 11 is 0. The van der Waals surface area contributed by atoms with Gasteiger partial charge in [-0.15, -0.1) is 0 Å². The van der Waals surface area contributed by atoms with Gasteiger partial charge in [-0.1, -0.05) is 12.1 Å². The Kier molecular flexibility index (Phi) is 6.01. The zero-order valence-corrected chi connectivity index (χ0v) is 18.0. The Labute approximate surface area is 180 Å². The molecule has 8 nitrogen and oxygen atoms in total. The van der Waals surface area contributed by atoms with Gasteiger partial charge in [0.15, 0.2) is 6.61 Å². The first-order chi connectivity index (χ1) is 14.5. The predicted molar refractivity (Wildman–Crippen MR) is 120 cm³/mol. The number of fused-ring (bicyclic) bond motifs is 1. The van der Waals surface area contributed by atoms with Gasteiger partial charge in [0.1, 0.15) is 22.9 Å². The monoisotopic (exact) mass is 422 g/mol. The number of esters is 1. The molecule has 162 valence electrons. The van der Waals surface area contributed by atoms with Crippen LogP contribution >= 0.6 is 0 Å². The quantitative estimate of drug-likeness (QED) is 0.319. The number of hydrogen-bond acceptors (Lipinski definition) is 5. The Balaban J connectivity index is 1.66. The molecule has 0 radical (unpaired) electrons. The lowest BCUT2D eigenvalue weighted by molar-refractivity contribution is -0.157.